The summed E-state index contributed by atoms with van der Waals surface area (Å²) in [6, 6.07) is 16.3. The van der Waals surface area contributed by atoms with Crippen molar-refractivity contribution < 1.29 is 14.3 Å². The Morgan fingerprint density at radius 2 is 1.82 bits per heavy atom. The largest absolute Gasteiger partial charge is 0.462 e. The van der Waals surface area contributed by atoms with Crippen LogP contribution in [0, 0.1) is 6.92 Å². The van der Waals surface area contributed by atoms with Gasteiger partial charge in [0.25, 0.3) is 5.91 Å². The third-order valence-electron chi connectivity index (χ3n) is 3.98. The maximum Gasteiger partial charge on any atom is 0.340 e. The molecule has 0 aliphatic carbocycles. The number of hydrogen-bond acceptors (Lipinski definition) is 5. The molecule has 1 aromatic heterocycles. The van der Waals surface area contributed by atoms with E-state index in [1.165, 1.54) is 6.20 Å². The number of anilines is 3. The minimum Gasteiger partial charge on any atom is -0.462 e. The van der Waals surface area contributed by atoms with Crippen molar-refractivity contribution in [1.82, 2.24) is 4.98 Å². The Hall–Kier alpha value is -3.67. The molecule has 6 nitrogen and oxygen atoms in total. The van der Waals surface area contributed by atoms with Gasteiger partial charge in [-0.15, -0.1) is 0 Å². The van der Waals surface area contributed by atoms with Crippen molar-refractivity contribution in [2.75, 3.05) is 17.2 Å². The lowest BCUT2D eigenvalue weighted by Crippen LogP contribution is -2.16. The first-order valence-corrected chi connectivity index (χ1v) is 8.93. The van der Waals surface area contributed by atoms with Crippen LogP contribution in [-0.4, -0.2) is 23.5 Å². The molecule has 0 unspecified atom stereocenters. The van der Waals surface area contributed by atoms with E-state index in [0.29, 0.717) is 22.5 Å². The molecule has 1 amide bonds. The van der Waals surface area contributed by atoms with E-state index < -0.39 is 5.97 Å². The number of benzene rings is 2. The third kappa shape index (κ3) is 4.73. The number of amides is 1. The molecule has 0 bridgehead atoms. The van der Waals surface area contributed by atoms with E-state index in [1.807, 2.05) is 31.2 Å². The molecule has 0 atom stereocenters. The van der Waals surface area contributed by atoms with Gasteiger partial charge in [0.2, 0.25) is 0 Å². The molecule has 2 N–H and O–H groups in total. The zero-order chi connectivity index (χ0) is 19.9. The normalized spacial score (nSPS) is 10.2. The third-order valence-corrected chi connectivity index (χ3v) is 3.98. The molecule has 0 fully saturated rings. The van der Waals surface area contributed by atoms with Crippen LogP contribution in [0.1, 0.15) is 33.2 Å². The van der Waals surface area contributed by atoms with Gasteiger partial charge in [-0.2, -0.15) is 0 Å². The van der Waals surface area contributed by atoms with Crippen LogP contribution in [0.5, 0.6) is 0 Å². The number of nitrogens with zero attached hydrogens (tertiary/aromatic N) is 1. The summed E-state index contributed by atoms with van der Waals surface area (Å²) in [5.41, 5.74) is 3.80. The summed E-state index contributed by atoms with van der Waals surface area (Å²) in [4.78, 5) is 28.9. The molecule has 0 saturated heterocycles. The van der Waals surface area contributed by atoms with Crippen molar-refractivity contribution in [2.24, 2.45) is 0 Å². The quantitative estimate of drug-likeness (QED) is 0.617. The minimum absolute atomic E-state index is 0.262. The van der Waals surface area contributed by atoms with Gasteiger partial charge < -0.3 is 15.4 Å². The van der Waals surface area contributed by atoms with Gasteiger partial charge in [0.15, 0.2) is 0 Å². The summed E-state index contributed by atoms with van der Waals surface area (Å²) in [5.74, 6) is -0.844. The molecule has 6 heteroatoms. The molecule has 28 heavy (non-hydrogen) atoms. The van der Waals surface area contributed by atoms with Crippen molar-refractivity contribution in [3.8, 4) is 0 Å². The zero-order valence-corrected chi connectivity index (χ0v) is 15.7. The van der Waals surface area contributed by atoms with E-state index in [0.717, 1.165) is 11.3 Å². The maximum absolute atomic E-state index is 12.7. The number of aromatic nitrogens is 1. The maximum atomic E-state index is 12.7. The van der Waals surface area contributed by atoms with Gasteiger partial charge in [0.1, 0.15) is 0 Å². The second kappa shape index (κ2) is 8.81. The van der Waals surface area contributed by atoms with Crippen molar-refractivity contribution in [2.45, 2.75) is 13.8 Å². The highest BCUT2D eigenvalue weighted by Crippen LogP contribution is 2.20. The van der Waals surface area contributed by atoms with Crippen molar-refractivity contribution in [3.63, 3.8) is 0 Å². The average Bonchev–Trinajstić information content (AvgIpc) is 2.69. The van der Waals surface area contributed by atoms with E-state index in [4.69, 9.17) is 4.74 Å². The topological polar surface area (TPSA) is 80.3 Å². The van der Waals surface area contributed by atoms with E-state index >= 15 is 0 Å². The monoisotopic (exact) mass is 375 g/mol. The van der Waals surface area contributed by atoms with Crippen molar-refractivity contribution >= 4 is 28.9 Å². The van der Waals surface area contributed by atoms with Gasteiger partial charge in [0, 0.05) is 11.9 Å². The van der Waals surface area contributed by atoms with Gasteiger partial charge in [-0.25, -0.2) is 4.79 Å². The van der Waals surface area contributed by atoms with Crippen LogP contribution in [0.25, 0.3) is 0 Å². The Labute approximate surface area is 163 Å². The lowest BCUT2D eigenvalue weighted by Gasteiger charge is -2.11. The lowest BCUT2D eigenvalue weighted by molar-refractivity contribution is 0.0527. The van der Waals surface area contributed by atoms with Gasteiger partial charge in [-0.3, -0.25) is 9.78 Å². The molecular formula is C22H21N3O3. The second-order valence-corrected chi connectivity index (χ2v) is 6.18. The Kier molecular flexibility index (Phi) is 6.01. The molecule has 0 aliphatic heterocycles. The van der Waals surface area contributed by atoms with E-state index in [9.17, 15) is 9.59 Å². The number of nitrogens with one attached hydrogen (secondary N) is 2. The summed E-state index contributed by atoms with van der Waals surface area (Å²) >= 11 is 0. The zero-order valence-electron chi connectivity index (χ0n) is 15.7. The van der Waals surface area contributed by atoms with Gasteiger partial charge in [-0.1, -0.05) is 24.3 Å². The highest BCUT2D eigenvalue weighted by Gasteiger charge is 2.15. The molecule has 0 saturated carbocycles. The predicted octanol–water partition coefficient (Wildman–Crippen LogP) is 4.56. The number of hydrogen-bond donors (Lipinski definition) is 2. The molecular weight excluding hydrogens is 354 g/mol. The molecule has 3 aromatic rings. The van der Waals surface area contributed by atoms with Crippen LogP contribution in [0.15, 0.2) is 67.0 Å². The standard InChI is InChI=1S/C22H21N3O3/c1-3-28-22(27)19-9-4-5-10-20(19)25-21(26)16-12-18(14-23-13-16)24-17-8-6-7-15(2)11-17/h4-14,24H,3H2,1-2H3,(H,25,26). The molecule has 3 rings (SSSR count). The molecule has 142 valence electrons. The summed E-state index contributed by atoms with van der Waals surface area (Å²) in [6.07, 6.45) is 3.12. The minimum atomic E-state index is -0.480. The van der Waals surface area contributed by atoms with Gasteiger partial charge >= 0.3 is 5.97 Å². The lowest BCUT2D eigenvalue weighted by atomic mass is 10.1. The van der Waals surface area contributed by atoms with E-state index in [1.54, 1.807) is 43.5 Å². The first kappa shape index (κ1) is 19.1. The van der Waals surface area contributed by atoms with Crippen LogP contribution in [0.2, 0.25) is 0 Å². The predicted molar refractivity (Wildman–Crippen MR) is 109 cm³/mol. The van der Waals surface area contributed by atoms with Crippen molar-refractivity contribution in [3.05, 3.63) is 83.7 Å². The number of ether oxygens (including phenoxy) is 1. The first-order chi connectivity index (χ1) is 13.6. The number of pyridine rings is 1. The number of esters is 1. The smallest absolute Gasteiger partial charge is 0.340 e. The fourth-order valence-corrected chi connectivity index (χ4v) is 2.70. The molecule has 0 spiro atoms. The van der Waals surface area contributed by atoms with E-state index in [-0.39, 0.29) is 12.5 Å². The first-order valence-electron chi connectivity index (χ1n) is 8.93. The van der Waals surface area contributed by atoms with Crippen LogP contribution >= 0.6 is 0 Å². The van der Waals surface area contributed by atoms with Gasteiger partial charge in [-0.05, 0) is 49.7 Å². The Morgan fingerprint density at radius 3 is 2.61 bits per heavy atom. The second-order valence-electron chi connectivity index (χ2n) is 6.18. The van der Waals surface area contributed by atoms with Gasteiger partial charge in [0.05, 0.1) is 35.3 Å². The van der Waals surface area contributed by atoms with Crippen LogP contribution < -0.4 is 10.6 Å². The number of carbonyl (C=O) groups is 2. The summed E-state index contributed by atoms with van der Waals surface area (Å²) in [7, 11) is 0. The van der Waals surface area contributed by atoms with Crippen LogP contribution in [0.4, 0.5) is 17.1 Å². The number of aryl methyl sites for hydroxylation is 1. The summed E-state index contributed by atoms with van der Waals surface area (Å²) < 4.78 is 5.04. The van der Waals surface area contributed by atoms with E-state index in [2.05, 4.69) is 15.6 Å². The Balaban J connectivity index is 1.78. The van der Waals surface area contributed by atoms with Crippen LogP contribution in [0.3, 0.4) is 0 Å². The molecule has 1 heterocycles. The SMILES string of the molecule is CCOC(=O)c1ccccc1NC(=O)c1cncc(Nc2cccc(C)c2)c1. The molecule has 0 radical (unpaired) electrons. The highest BCUT2D eigenvalue weighted by molar-refractivity contribution is 6.08. The summed E-state index contributed by atoms with van der Waals surface area (Å²) in [6.45, 7) is 4.00. The summed E-state index contributed by atoms with van der Waals surface area (Å²) in [5, 5.41) is 5.99. The number of rotatable bonds is 6. The molecule has 0 aliphatic rings. The average molecular weight is 375 g/mol. The fourth-order valence-electron chi connectivity index (χ4n) is 2.70. The van der Waals surface area contributed by atoms with Crippen molar-refractivity contribution in [1.29, 1.82) is 0 Å². The highest BCUT2D eigenvalue weighted by atomic mass is 16.5. The Morgan fingerprint density at radius 1 is 1.00 bits per heavy atom. The number of carbonyl (C=O) groups excluding carboxylic acids is 2. The molecule has 2 aromatic carbocycles. The van der Waals surface area contributed by atoms with Crippen LogP contribution in [-0.2, 0) is 4.74 Å². The number of para-hydroxylation sites is 1. The Bertz CT molecular complexity index is 1000. The fraction of sp³-hybridized carbons (Fsp3) is 0.136.